The largest absolute Gasteiger partial charge is 0.301 e. The number of amides is 1. The summed E-state index contributed by atoms with van der Waals surface area (Å²) >= 11 is 1.40. The molecule has 4 nitrogen and oxygen atoms in total. The molecule has 2 aromatic carbocycles. The summed E-state index contributed by atoms with van der Waals surface area (Å²) < 4.78 is 0.906. The molecule has 1 fully saturated rings. The van der Waals surface area contributed by atoms with Crippen LogP contribution in [0.2, 0.25) is 0 Å². The molecule has 0 bridgehead atoms. The molecule has 0 unspecified atom stereocenters. The van der Waals surface area contributed by atoms with E-state index in [4.69, 9.17) is 5.26 Å². The van der Waals surface area contributed by atoms with Crippen LogP contribution in [-0.4, -0.2) is 10.9 Å². The lowest BCUT2D eigenvalue weighted by molar-refractivity contribution is -0.118. The molecule has 1 amide bonds. The minimum Gasteiger partial charge on any atom is -0.301 e. The van der Waals surface area contributed by atoms with Gasteiger partial charge in [-0.2, -0.15) is 5.26 Å². The SMILES string of the molecule is N#Cc1ccc2nc(NC(=O)C3(c4ccccc4)CC3)sc2c1. The minimum atomic E-state index is -0.406. The third-order valence-electron chi connectivity index (χ3n) is 4.25. The van der Waals surface area contributed by atoms with Gasteiger partial charge in [-0.3, -0.25) is 4.79 Å². The Balaban J connectivity index is 1.61. The molecule has 0 saturated heterocycles. The van der Waals surface area contributed by atoms with E-state index < -0.39 is 5.41 Å². The number of carbonyl (C=O) groups is 1. The van der Waals surface area contributed by atoms with Crippen molar-refractivity contribution in [1.29, 1.82) is 5.26 Å². The van der Waals surface area contributed by atoms with Gasteiger partial charge >= 0.3 is 0 Å². The number of aromatic nitrogens is 1. The highest BCUT2D eigenvalue weighted by atomic mass is 32.1. The zero-order chi connectivity index (χ0) is 15.9. The maximum absolute atomic E-state index is 12.7. The lowest BCUT2D eigenvalue weighted by Gasteiger charge is -2.14. The Bertz CT molecular complexity index is 936. The van der Waals surface area contributed by atoms with Gasteiger partial charge in [-0.25, -0.2) is 4.98 Å². The summed E-state index contributed by atoms with van der Waals surface area (Å²) in [7, 11) is 0. The van der Waals surface area contributed by atoms with E-state index in [2.05, 4.69) is 16.4 Å². The number of rotatable bonds is 3. The Morgan fingerprint density at radius 1 is 1.22 bits per heavy atom. The first-order valence-electron chi connectivity index (χ1n) is 7.39. The predicted molar refractivity (Wildman–Crippen MR) is 90.3 cm³/mol. The highest BCUT2D eigenvalue weighted by Crippen LogP contribution is 2.49. The molecule has 1 heterocycles. The normalized spacial score (nSPS) is 15.1. The standard InChI is InChI=1S/C18H13N3OS/c19-11-12-6-7-14-15(10-12)23-17(20-14)21-16(22)18(8-9-18)13-4-2-1-3-5-13/h1-7,10H,8-9H2,(H,20,21,22). The number of nitriles is 1. The van der Waals surface area contributed by atoms with Gasteiger partial charge in [-0.1, -0.05) is 41.7 Å². The van der Waals surface area contributed by atoms with Gasteiger partial charge in [0.2, 0.25) is 5.91 Å². The second-order valence-corrected chi connectivity index (χ2v) is 6.75. The number of carbonyl (C=O) groups excluding carboxylic acids is 1. The molecule has 1 aromatic heterocycles. The van der Waals surface area contributed by atoms with Crippen molar-refractivity contribution in [2.45, 2.75) is 18.3 Å². The minimum absolute atomic E-state index is 0.00302. The molecule has 0 spiro atoms. The molecule has 0 atom stereocenters. The number of benzene rings is 2. The maximum atomic E-state index is 12.7. The first kappa shape index (κ1) is 13.9. The number of hydrogen-bond donors (Lipinski definition) is 1. The lowest BCUT2D eigenvalue weighted by Crippen LogP contribution is -2.27. The van der Waals surface area contributed by atoms with Gasteiger partial charge in [0.25, 0.3) is 0 Å². The van der Waals surface area contributed by atoms with Crippen LogP contribution in [0.25, 0.3) is 10.2 Å². The highest BCUT2D eigenvalue weighted by molar-refractivity contribution is 7.22. The number of hydrogen-bond acceptors (Lipinski definition) is 4. The van der Waals surface area contributed by atoms with E-state index >= 15 is 0 Å². The second kappa shape index (κ2) is 5.18. The van der Waals surface area contributed by atoms with Crippen molar-refractivity contribution >= 4 is 32.6 Å². The van der Waals surface area contributed by atoms with Crippen molar-refractivity contribution in [3.63, 3.8) is 0 Å². The van der Waals surface area contributed by atoms with Crippen molar-refractivity contribution in [3.8, 4) is 6.07 Å². The summed E-state index contributed by atoms with van der Waals surface area (Å²) in [5.41, 5.74) is 2.05. The third-order valence-corrected chi connectivity index (χ3v) is 5.18. The van der Waals surface area contributed by atoms with Gasteiger partial charge < -0.3 is 5.32 Å². The van der Waals surface area contributed by atoms with Gasteiger partial charge in [0, 0.05) is 0 Å². The molecular weight excluding hydrogens is 306 g/mol. The fourth-order valence-electron chi connectivity index (χ4n) is 2.79. The van der Waals surface area contributed by atoms with Crippen LogP contribution < -0.4 is 5.32 Å². The van der Waals surface area contributed by atoms with Crippen LogP contribution in [0.4, 0.5) is 5.13 Å². The van der Waals surface area contributed by atoms with E-state index in [1.54, 1.807) is 12.1 Å². The number of nitrogens with one attached hydrogen (secondary N) is 1. The second-order valence-electron chi connectivity index (χ2n) is 5.72. The first-order valence-corrected chi connectivity index (χ1v) is 8.21. The van der Waals surface area contributed by atoms with E-state index in [1.807, 2.05) is 36.4 Å². The molecule has 23 heavy (non-hydrogen) atoms. The van der Waals surface area contributed by atoms with Crippen LogP contribution in [0, 0.1) is 11.3 Å². The number of fused-ring (bicyclic) bond motifs is 1. The van der Waals surface area contributed by atoms with E-state index in [1.165, 1.54) is 11.3 Å². The summed E-state index contributed by atoms with van der Waals surface area (Å²) in [6, 6.07) is 17.3. The monoisotopic (exact) mass is 319 g/mol. The molecule has 1 aliphatic carbocycles. The number of nitrogens with zero attached hydrogens (tertiary/aromatic N) is 2. The summed E-state index contributed by atoms with van der Waals surface area (Å²) in [6.07, 6.45) is 1.73. The van der Waals surface area contributed by atoms with E-state index in [0.29, 0.717) is 10.7 Å². The van der Waals surface area contributed by atoms with Crippen LogP contribution in [0.5, 0.6) is 0 Å². The van der Waals surface area contributed by atoms with Gasteiger partial charge in [0.05, 0.1) is 27.3 Å². The van der Waals surface area contributed by atoms with Crippen molar-refractivity contribution in [1.82, 2.24) is 4.98 Å². The van der Waals surface area contributed by atoms with Crippen LogP contribution in [0.3, 0.4) is 0 Å². The van der Waals surface area contributed by atoms with Crippen LogP contribution in [-0.2, 0) is 10.2 Å². The Hall–Kier alpha value is -2.71. The summed E-state index contributed by atoms with van der Waals surface area (Å²) in [6.45, 7) is 0. The predicted octanol–water partition coefficient (Wildman–Crippen LogP) is 3.84. The lowest BCUT2D eigenvalue weighted by atomic mass is 9.95. The Morgan fingerprint density at radius 3 is 2.70 bits per heavy atom. The Kier molecular flexibility index (Phi) is 3.14. The Morgan fingerprint density at radius 2 is 2.00 bits per heavy atom. The summed E-state index contributed by atoms with van der Waals surface area (Å²) in [5, 5.41) is 12.5. The van der Waals surface area contributed by atoms with Crippen LogP contribution >= 0.6 is 11.3 Å². The number of thiazole rings is 1. The summed E-state index contributed by atoms with van der Waals surface area (Å²) in [4.78, 5) is 17.1. The Labute approximate surface area is 137 Å². The maximum Gasteiger partial charge on any atom is 0.236 e. The molecule has 0 radical (unpaired) electrons. The van der Waals surface area contributed by atoms with E-state index in [0.717, 1.165) is 28.6 Å². The molecule has 4 rings (SSSR count). The van der Waals surface area contributed by atoms with Crippen molar-refractivity contribution in [2.75, 3.05) is 5.32 Å². The van der Waals surface area contributed by atoms with Crippen LogP contribution in [0.1, 0.15) is 24.0 Å². The quantitative estimate of drug-likeness (QED) is 0.797. The third kappa shape index (κ3) is 2.37. The molecule has 1 aliphatic rings. The molecule has 1 saturated carbocycles. The van der Waals surface area contributed by atoms with Gasteiger partial charge in [-0.15, -0.1) is 0 Å². The van der Waals surface area contributed by atoms with Crippen molar-refractivity contribution < 1.29 is 4.79 Å². The zero-order valence-corrected chi connectivity index (χ0v) is 13.1. The zero-order valence-electron chi connectivity index (χ0n) is 12.2. The highest BCUT2D eigenvalue weighted by Gasteiger charge is 2.51. The fraction of sp³-hybridized carbons (Fsp3) is 0.167. The van der Waals surface area contributed by atoms with Gasteiger partial charge in [0.15, 0.2) is 5.13 Å². The topological polar surface area (TPSA) is 65.8 Å². The number of anilines is 1. The van der Waals surface area contributed by atoms with Crippen molar-refractivity contribution in [2.24, 2.45) is 0 Å². The average Bonchev–Trinajstić information content (AvgIpc) is 3.31. The van der Waals surface area contributed by atoms with E-state index in [-0.39, 0.29) is 5.91 Å². The fourth-order valence-corrected chi connectivity index (χ4v) is 3.69. The van der Waals surface area contributed by atoms with Crippen molar-refractivity contribution in [3.05, 3.63) is 59.7 Å². The molecule has 112 valence electrons. The first-order chi connectivity index (χ1) is 11.2. The molecule has 0 aliphatic heterocycles. The molecule has 1 N–H and O–H groups in total. The van der Waals surface area contributed by atoms with Crippen LogP contribution in [0.15, 0.2) is 48.5 Å². The average molecular weight is 319 g/mol. The molecule has 5 heteroatoms. The molecule has 3 aromatic rings. The van der Waals surface area contributed by atoms with E-state index in [9.17, 15) is 4.79 Å². The molecular formula is C18H13N3OS. The van der Waals surface area contributed by atoms with Gasteiger partial charge in [0.1, 0.15) is 0 Å². The smallest absolute Gasteiger partial charge is 0.236 e. The van der Waals surface area contributed by atoms with Gasteiger partial charge in [-0.05, 0) is 36.6 Å². The summed E-state index contributed by atoms with van der Waals surface area (Å²) in [5.74, 6) is 0.00302.